The van der Waals surface area contributed by atoms with Gasteiger partial charge in [-0.2, -0.15) is 0 Å². The summed E-state index contributed by atoms with van der Waals surface area (Å²) in [6.45, 7) is 8.99. The summed E-state index contributed by atoms with van der Waals surface area (Å²) < 4.78 is 0. The van der Waals surface area contributed by atoms with Gasteiger partial charge in [0.2, 0.25) is 0 Å². The van der Waals surface area contributed by atoms with Gasteiger partial charge in [-0.25, -0.2) is 0 Å². The largest absolute Gasteiger partial charge is 0.0936 e. The average molecular weight is 180 g/mol. The fourth-order valence-electron chi connectivity index (χ4n) is 1.14. The molecule has 0 fully saturated rings. The van der Waals surface area contributed by atoms with Gasteiger partial charge in [-0.3, -0.25) is 0 Å². The maximum absolute atomic E-state index is 2.32. The van der Waals surface area contributed by atoms with Crippen LogP contribution in [0.2, 0.25) is 0 Å². The van der Waals surface area contributed by atoms with E-state index in [2.05, 4.69) is 51.7 Å². The Labute approximate surface area is 77.2 Å². The highest BCUT2D eigenvalue weighted by atomic mass is 31.1. The normalized spacial score (nSPS) is 12.7. The first-order valence-corrected chi connectivity index (χ1v) is 5.82. The van der Waals surface area contributed by atoms with Crippen molar-refractivity contribution in [2.75, 3.05) is 6.66 Å². The third-order valence-electron chi connectivity index (χ3n) is 2.02. The standard InChI is InChI=1S/C11H17P/c1-11(2,3)9-6-5-7-10(8-9)12-4/h5-8,12H,1-4H3. The van der Waals surface area contributed by atoms with Crippen LogP contribution < -0.4 is 5.30 Å². The highest BCUT2D eigenvalue weighted by molar-refractivity contribution is 7.46. The minimum atomic E-state index is 0.287. The Hall–Kier alpha value is -0.350. The summed E-state index contributed by atoms with van der Waals surface area (Å²) in [6, 6.07) is 8.89. The van der Waals surface area contributed by atoms with Crippen LogP contribution in [0.5, 0.6) is 0 Å². The Morgan fingerprint density at radius 2 is 1.83 bits per heavy atom. The lowest BCUT2D eigenvalue weighted by atomic mass is 9.87. The second-order valence-electron chi connectivity index (χ2n) is 4.08. The molecule has 0 aromatic heterocycles. The third kappa shape index (κ3) is 2.32. The Kier molecular flexibility index (Phi) is 2.90. The summed E-state index contributed by atoms with van der Waals surface area (Å²) in [4.78, 5) is 0. The van der Waals surface area contributed by atoms with E-state index in [4.69, 9.17) is 0 Å². The lowest BCUT2D eigenvalue weighted by Crippen LogP contribution is -2.12. The van der Waals surface area contributed by atoms with Gasteiger partial charge in [0.15, 0.2) is 0 Å². The van der Waals surface area contributed by atoms with Crippen LogP contribution in [0.4, 0.5) is 0 Å². The second kappa shape index (κ2) is 3.58. The molecule has 0 spiro atoms. The van der Waals surface area contributed by atoms with Crippen molar-refractivity contribution < 1.29 is 0 Å². The predicted molar refractivity (Wildman–Crippen MR) is 59.0 cm³/mol. The van der Waals surface area contributed by atoms with Gasteiger partial charge in [-0.05, 0) is 22.9 Å². The first kappa shape index (κ1) is 9.74. The Morgan fingerprint density at radius 3 is 2.33 bits per heavy atom. The molecule has 1 unspecified atom stereocenters. The van der Waals surface area contributed by atoms with Crippen LogP contribution in [-0.4, -0.2) is 6.66 Å². The van der Waals surface area contributed by atoms with Crippen LogP contribution in [0.1, 0.15) is 26.3 Å². The lowest BCUT2D eigenvalue weighted by molar-refractivity contribution is 0.591. The molecule has 0 bridgehead atoms. The van der Waals surface area contributed by atoms with Crippen LogP contribution in [0, 0.1) is 0 Å². The van der Waals surface area contributed by atoms with Crippen molar-refractivity contribution in [3.8, 4) is 0 Å². The van der Waals surface area contributed by atoms with E-state index in [1.807, 2.05) is 0 Å². The highest BCUT2D eigenvalue weighted by Gasteiger charge is 2.12. The molecule has 1 aromatic rings. The summed E-state index contributed by atoms with van der Waals surface area (Å²) in [5.74, 6) is 0. The highest BCUT2D eigenvalue weighted by Crippen LogP contribution is 2.21. The molecule has 1 heteroatoms. The van der Waals surface area contributed by atoms with E-state index in [9.17, 15) is 0 Å². The smallest absolute Gasteiger partial charge is 0.0132 e. The number of hydrogen-bond acceptors (Lipinski definition) is 0. The quantitative estimate of drug-likeness (QED) is 0.583. The monoisotopic (exact) mass is 180 g/mol. The Balaban J connectivity index is 3.02. The van der Waals surface area contributed by atoms with Crippen LogP contribution in [0.3, 0.4) is 0 Å². The van der Waals surface area contributed by atoms with E-state index < -0.39 is 0 Å². The van der Waals surface area contributed by atoms with Crippen LogP contribution in [0.15, 0.2) is 24.3 Å². The summed E-state index contributed by atoms with van der Waals surface area (Å²) in [5.41, 5.74) is 1.73. The van der Waals surface area contributed by atoms with E-state index in [0.29, 0.717) is 0 Å². The molecule has 0 saturated heterocycles. The average Bonchev–Trinajstić information content (AvgIpc) is 2.03. The zero-order valence-electron chi connectivity index (χ0n) is 8.31. The summed E-state index contributed by atoms with van der Waals surface area (Å²) in [5, 5.41) is 1.46. The van der Waals surface area contributed by atoms with Crippen molar-refractivity contribution in [1.29, 1.82) is 0 Å². The Bertz CT molecular complexity index is 258. The van der Waals surface area contributed by atoms with Gasteiger partial charge in [-0.15, -0.1) is 0 Å². The zero-order chi connectivity index (χ0) is 9.19. The number of benzene rings is 1. The van der Waals surface area contributed by atoms with Crippen molar-refractivity contribution in [3.63, 3.8) is 0 Å². The molecule has 0 nitrogen and oxygen atoms in total. The number of hydrogen-bond donors (Lipinski definition) is 0. The fraction of sp³-hybridized carbons (Fsp3) is 0.455. The van der Waals surface area contributed by atoms with Gasteiger partial charge >= 0.3 is 0 Å². The van der Waals surface area contributed by atoms with Crippen molar-refractivity contribution in [2.24, 2.45) is 0 Å². The van der Waals surface area contributed by atoms with Gasteiger partial charge in [0.05, 0.1) is 0 Å². The zero-order valence-corrected chi connectivity index (χ0v) is 9.31. The minimum Gasteiger partial charge on any atom is -0.0936 e. The van der Waals surface area contributed by atoms with E-state index in [1.54, 1.807) is 0 Å². The molecular weight excluding hydrogens is 163 g/mol. The molecule has 0 aliphatic carbocycles. The van der Waals surface area contributed by atoms with E-state index in [0.717, 1.165) is 8.58 Å². The molecule has 1 atom stereocenters. The van der Waals surface area contributed by atoms with Gasteiger partial charge in [0.25, 0.3) is 0 Å². The molecule has 12 heavy (non-hydrogen) atoms. The topological polar surface area (TPSA) is 0 Å². The maximum Gasteiger partial charge on any atom is -0.0132 e. The van der Waals surface area contributed by atoms with Crippen molar-refractivity contribution >= 4 is 13.9 Å². The predicted octanol–water partition coefficient (Wildman–Crippen LogP) is 2.92. The molecule has 0 N–H and O–H groups in total. The molecular formula is C11H17P. The lowest BCUT2D eigenvalue weighted by Gasteiger charge is -2.19. The van der Waals surface area contributed by atoms with Gasteiger partial charge in [0, 0.05) is 0 Å². The fourth-order valence-corrected chi connectivity index (χ4v) is 1.70. The van der Waals surface area contributed by atoms with Gasteiger partial charge in [-0.1, -0.05) is 53.6 Å². The second-order valence-corrected chi connectivity index (χ2v) is 5.16. The SMILES string of the molecule is CPc1cccc(C(C)(C)C)c1. The molecule has 0 amide bonds. The molecule has 1 rings (SSSR count). The molecule has 0 heterocycles. The third-order valence-corrected chi connectivity index (χ3v) is 2.91. The molecule has 66 valence electrons. The van der Waals surface area contributed by atoms with E-state index >= 15 is 0 Å². The van der Waals surface area contributed by atoms with Crippen molar-refractivity contribution in [1.82, 2.24) is 0 Å². The molecule has 1 aromatic carbocycles. The van der Waals surface area contributed by atoms with E-state index in [1.165, 1.54) is 10.9 Å². The maximum atomic E-state index is 2.32. The molecule has 0 aliphatic heterocycles. The first-order valence-electron chi connectivity index (χ1n) is 4.32. The minimum absolute atomic E-state index is 0.287. The van der Waals surface area contributed by atoms with E-state index in [-0.39, 0.29) is 5.41 Å². The van der Waals surface area contributed by atoms with Crippen LogP contribution in [-0.2, 0) is 5.41 Å². The number of rotatable bonds is 1. The molecule has 0 aliphatic rings. The van der Waals surface area contributed by atoms with Crippen molar-refractivity contribution in [2.45, 2.75) is 26.2 Å². The van der Waals surface area contributed by atoms with Gasteiger partial charge < -0.3 is 0 Å². The van der Waals surface area contributed by atoms with Crippen molar-refractivity contribution in [3.05, 3.63) is 29.8 Å². The summed E-state index contributed by atoms with van der Waals surface area (Å²) in [7, 11) is 0.905. The molecule has 0 radical (unpaired) electrons. The summed E-state index contributed by atoms with van der Waals surface area (Å²) in [6.07, 6.45) is 0. The van der Waals surface area contributed by atoms with Crippen LogP contribution in [0.25, 0.3) is 0 Å². The van der Waals surface area contributed by atoms with Crippen LogP contribution >= 0.6 is 8.58 Å². The Morgan fingerprint density at radius 1 is 1.17 bits per heavy atom. The first-order chi connectivity index (χ1) is 5.54. The molecule has 0 saturated carbocycles. The van der Waals surface area contributed by atoms with Gasteiger partial charge in [0.1, 0.15) is 0 Å². The summed E-state index contributed by atoms with van der Waals surface area (Å²) >= 11 is 0.